The van der Waals surface area contributed by atoms with E-state index in [0.29, 0.717) is 6.04 Å². The summed E-state index contributed by atoms with van der Waals surface area (Å²) in [7, 11) is 1.87. The van der Waals surface area contributed by atoms with Crippen LogP contribution in [0.15, 0.2) is 0 Å². The van der Waals surface area contributed by atoms with Gasteiger partial charge in [-0.25, -0.2) is 0 Å². The highest BCUT2D eigenvalue weighted by Crippen LogP contribution is 2.15. The van der Waals surface area contributed by atoms with E-state index in [-0.39, 0.29) is 11.9 Å². The molecular weight excluding hydrogens is 190 g/mol. The van der Waals surface area contributed by atoms with Crippen molar-refractivity contribution in [2.45, 2.75) is 38.8 Å². The van der Waals surface area contributed by atoms with Crippen molar-refractivity contribution in [3.63, 3.8) is 0 Å². The van der Waals surface area contributed by atoms with Crippen LogP contribution >= 0.6 is 0 Å². The van der Waals surface area contributed by atoms with Crippen LogP contribution in [0.4, 0.5) is 0 Å². The van der Waals surface area contributed by atoms with Crippen LogP contribution in [0.25, 0.3) is 0 Å². The maximum absolute atomic E-state index is 11.7. The van der Waals surface area contributed by atoms with Gasteiger partial charge in [0.15, 0.2) is 0 Å². The summed E-state index contributed by atoms with van der Waals surface area (Å²) in [5.74, 6) is 0.0601. The van der Waals surface area contributed by atoms with Gasteiger partial charge in [0.05, 0.1) is 6.04 Å². The molecule has 1 heterocycles. The zero-order valence-corrected chi connectivity index (χ0v) is 10.1. The third-order valence-electron chi connectivity index (χ3n) is 3.29. The fourth-order valence-electron chi connectivity index (χ4n) is 2.12. The van der Waals surface area contributed by atoms with Crippen LogP contribution in [-0.4, -0.2) is 54.5 Å². The van der Waals surface area contributed by atoms with Crippen molar-refractivity contribution < 1.29 is 4.79 Å². The number of nitrogens with two attached hydrogens (primary N) is 1. The Morgan fingerprint density at radius 2 is 2.07 bits per heavy atom. The second kappa shape index (κ2) is 5.47. The molecule has 0 unspecified atom stereocenters. The number of rotatable bonds is 3. The van der Waals surface area contributed by atoms with Gasteiger partial charge in [-0.1, -0.05) is 6.92 Å². The van der Waals surface area contributed by atoms with Crippen molar-refractivity contribution in [3.05, 3.63) is 0 Å². The van der Waals surface area contributed by atoms with E-state index in [1.807, 2.05) is 11.9 Å². The molecule has 1 atom stereocenters. The van der Waals surface area contributed by atoms with Gasteiger partial charge in [-0.2, -0.15) is 0 Å². The number of likely N-dealkylation sites (N-methyl/N-ethyl adjacent to an activating group) is 1. The van der Waals surface area contributed by atoms with Crippen molar-refractivity contribution in [2.24, 2.45) is 5.73 Å². The second-order valence-corrected chi connectivity index (χ2v) is 4.40. The van der Waals surface area contributed by atoms with Crippen LogP contribution in [-0.2, 0) is 4.79 Å². The number of carbonyl (C=O) groups excluding carboxylic acids is 1. The predicted molar refractivity (Wildman–Crippen MR) is 61.6 cm³/mol. The number of piperidine rings is 1. The Balaban J connectivity index is 2.42. The Morgan fingerprint density at radius 3 is 2.47 bits per heavy atom. The molecule has 1 aliphatic rings. The summed E-state index contributed by atoms with van der Waals surface area (Å²) in [4.78, 5) is 15.9. The van der Waals surface area contributed by atoms with Crippen molar-refractivity contribution in [1.29, 1.82) is 0 Å². The van der Waals surface area contributed by atoms with Gasteiger partial charge in [-0.15, -0.1) is 0 Å². The van der Waals surface area contributed by atoms with Gasteiger partial charge in [0, 0.05) is 26.2 Å². The van der Waals surface area contributed by atoms with Gasteiger partial charge >= 0.3 is 0 Å². The fourth-order valence-corrected chi connectivity index (χ4v) is 2.12. The molecule has 15 heavy (non-hydrogen) atoms. The molecule has 1 amide bonds. The Morgan fingerprint density at radius 1 is 1.53 bits per heavy atom. The largest absolute Gasteiger partial charge is 0.341 e. The van der Waals surface area contributed by atoms with Crippen LogP contribution in [0, 0.1) is 0 Å². The van der Waals surface area contributed by atoms with E-state index < -0.39 is 0 Å². The summed E-state index contributed by atoms with van der Waals surface area (Å²) < 4.78 is 0. The quantitative estimate of drug-likeness (QED) is 0.732. The first-order valence-corrected chi connectivity index (χ1v) is 5.80. The third-order valence-corrected chi connectivity index (χ3v) is 3.29. The van der Waals surface area contributed by atoms with Crippen LogP contribution in [0.2, 0.25) is 0 Å². The number of nitrogens with zero attached hydrogens (tertiary/aromatic N) is 2. The minimum Gasteiger partial charge on any atom is -0.341 e. The first kappa shape index (κ1) is 12.5. The van der Waals surface area contributed by atoms with Crippen LogP contribution < -0.4 is 5.73 Å². The van der Waals surface area contributed by atoms with Crippen molar-refractivity contribution in [1.82, 2.24) is 9.80 Å². The summed E-state index contributed by atoms with van der Waals surface area (Å²) >= 11 is 0. The molecule has 1 rings (SSSR count). The van der Waals surface area contributed by atoms with Crippen molar-refractivity contribution >= 4 is 5.91 Å². The van der Waals surface area contributed by atoms with Gasteiger partial charge in [-0.05, 0) is 26.3 Å². The lowest BCUT2D eigenvalue weighted by Crippen LogP contribution is -2.49. The number of likely N-dealkylation sites (tertiary alicyclic amines) is 1. The topological polar surface area (TPSA) is 49.6 Å². The first-order chi connectivity index (χ1) is 7.06. The molecule has 0 bridgehead atoms. The van der Waals surface area contributed by atoms with Crippen LogP contribution in [0.3, 0.4) is 0 Å². The molecule has 4 nitrogen and oxygen atoms in total. The third kappa shape index (κ3) is 3.18. The molecule has 0 aromatic carbocycles. The van der Waals surface area contributed by atoms with Gasteiger partial charge in [0.1, 0.15) is 0 Å². The molecule has 88 valence electrons. The van der Waals surface area contributed by atoms with E-state index in [2.05, 4.69) is 11.8 Å². The standard InChI is InChI=1S/C11H23N3O/c1-4-14-7-5-10(6-8-14)13(3)11(15)9(2)12/h9-10H,4-8,12H2,1-3H3/t9-/m1/s1. The lowest BCUT2D eigenvalue weighted by Gasteiger charge is -2.36. The summed E-state index contributed by atoms with van der Waals surface area (Å²) in [6.45, 7) is 7.23. The zero-order chi connectivity index (χ0) is 11.4. The number of carbonyl (C=O) groups is 1. The Bertz CT molecular complexity index is 210. The van der Waals surface area contributed by atoms with E-state index in [4.69, 9.17) is 5.73 Å². The molecule has 1 saturated heterocycles. The van der Waals surface area contributed by atoms with Crippen molar-refractivity contribution in [3.8, 4) is 0 Å². The number of amides is 1. The second-order valence-electron chi connectivity index (χ2n) is 4.40. The van der Waals surface area contributed by atoms with Gasteiger partial charge in [-0.3, -0.25) is 4.79 Å². The normalized spacial score (nSPS) is 21.3. The van der Waals surface area contributed by atoms with Crippen LogP contribution in [0.5, 0.6) is 0 Å². The van der Waals surface area contributed by atoms with E-state index in [0.717, 1.165) is 32.5 Å². The Labute approximate surface area is 92.4 Å². The van der Waals surface area contributed by atoms with E-state index in [1.165, 1.54) is 0 Å². The Kier molecular flexibility index (Phi) is 4.54. The average molecular weight is 213 g/mol. The van der Waals surface area contributed by atoms with Crippen LogP contribution in [0.1, 0.15) is 26.7 Å². The minimum atomic E-state index is -0.376. The van der Waals surface area contributed by atoms with E-state index in [9.17, 15) is 4.79 Å². The fraction of sp³-hybridized carbons (Fsp3) is 0.909. The summed E-state index contributed by atoms with van der Waals surface area (Å²) in [6, 6.07) is 0.00510. The maximum atomic E-state index is 11.7. The van der Waals surface area contributed by atoms with Crippen molar-refractivity contribution in [2.75, 3.05) is 26.7 Å². The molecule has 4 heteroatoms. The Hall–Kier alpha value is -0.610. The first-order valence-electron chi connectivity index (χ1n) is 5.80. The average Bonchev–Trinajstić information content (AvgIpc) is 2.27. The summed E-state index contributed by atoms with van der Waals surface area (Å²) in [6.07, 6.45) is 2.14. The monoisotopic (exact) mass is 213 g/mol. The predicted octanol–water partition coefficient (Wildman–Crippen LogP) is 0.276. The molecule has 1 fully saturated rings. The molecule has 0 aromatic heterocycles. The lowest BCUT2D eigenvalue weighted by atomic mass is 10.0. The molecule has 0 spiro atoms. The van der Waals surface area contributed by atoms with Gasteiger partial charge in [0.2, 0.25) is 5.91 Å². The SMILES string of the molecule is CCN1CCC(N(C)C(=O)[C@@H](C)N)CC1. The summed E-state index contributed by atoms with van der Waals surface area (Å²) in [5.41, 5.74) is 5.60. The molecule has 0 radical (unpaired) electrons. The molecular formula is C11H23N3O. The molecule has 0 saturated carbocycles. The van der Waals surface area contributed by atoms with Gasteiger partial charge in [0.25, 0.3) is 0 Å². The highest BCUT2D eigenvalue weighted by atomic mass is 16.2. The highest BCUT2D eigenvalue weighted by Gasteiger charge is 2.25. The van der Waals surface area contributed by atoms with E-state index >= 15 is 0 Å². The number of hydrogen-bond acceptors (Lipinski definition) is 3. The van der Waals surface area contributed by atoms with E-state index in [1.54, 1.807) is 6.92 Å². The number of hydrogen-bond donors (Lipinski definition) is 1. The van der Waals surface area contributed by atoms with Gasteiger partial charge < -0.3 is 15.5 Å². The molecule has 0 aliphatic carbocycles. The zero-order valence-electron chi connectivity index (χ0n) is 10.1. The molecule has 2 N–H and O–H groups in total. The highest BCUT2D eigenvalue weighted by molar-refractivity contribution is 5.81. The minimum absolute atomic E-state index is 0.0601. The summed E-state index contributed by atoms with van der Waals surface area (Å²) in [5, 5.41) is 0. The molecule has 0 aromatic rings. The molecule has 1 aliphatic heterocycles. The maximum Gasteiger partial charge on any atom is 0.239 e. The smallest absolute Gasteiger partial charge is 0.239 e. The lowest BCUT2D eigenvalue weighted by molar-refractivity contribution is -0.133.